The third-order valence-electron chi connectivity index (χ3n) is 3.89. The molecule has 0 radical (unpaired) electrons. The molecule has 0 aliphatic heterocycles. The minimum absolute atomic E-state index is 0.226. The van der Waals surface area contributed by atoms with Crippen LogP contribution in [-0.2, 0) is 0 Å². The largest absolute Gasteiger partial charge is 0.461 e. The SMILES string of the molecule is Cc1ccc(-c2ccc3nc(N)nc(N(Br)c4ccccc4)c3c2)o1. The number of hydrogen-bond donors (Lipinski definition) is 1. The molecule has 0 saturated carbocycles. The Bertz CT molecular complexity index is 1050. The zero-order valence-corrected chi connectivity index (χ0v) is 15.1. The predicted molar refractivity (Wildman–Crippen MR) is 104 cm³/mol. The molecular weight excluding hydrogens is 380 g/mol. The lowest BCUT2D eigenvalue weighted by atomic mass is 10.1. The summed E-state index contributed by atoms with van der Waals surface area (Å²) in [6.07, 6.45) is 0. The number of aryl methyl sites for hydroxylation is 1. The van der Waals surface area contributed by atoms with Crippen LogP contribution in [-0.4, -0.2) is 9.97 Å². The van der Waals surface area contributed by atoms with Crippen molar-refractivity contribution in [3.63, 3.8) is 0 Å². The Balaban J connectivity index is 1.90. The lowest BCUT2D eigenvalue weighted by Gasteiger charge is -2.18. The molecule has 4 rings (SSSR count). The second kappa shape index (κ2) is 6.22. The van der Waals surface area contributed by atoms with Crippen LogP contribution >= 0.6 is 16.1 Å². The van der Waals surface area contributed by atoms with E-state index in [4.69, 9.17) is 10.2 Å². The molecule has 0 aliphatic carbocycles. The van der Waals surface area contributed by atoms with Gasteiger partial charge in [-0.15, -0.1) is 0 Å². The van der Waals surface area contributed by atoms with Crippen LogP contribution < -0.4 is 9.66 Å². The van der Waals surface area contributed by atoms with Crippen LogP contribution in [0.4, 0.5) is 17.5 Å². The van der Waals surface area contributed by atoms with Gasteiger partial charge in [0.1, 0.15) is 11.5 Å². The van der Waals surface area contributed by atoms with Gasteiger partial charge in [-0.2, -0.15) is 4.98 Å². The van der Waals surface area contributed by atoms with Crippen molar-refractivity contribution in [1.29, 1.82) is 0 Å². The number of para-hydroxylation sites is 1. The van der Waals surface area contributed by atoms with Crippen molar-refractivity contribution in [3.8, 4) is 11.3 Å². The van der Waals surface area contributed by atoms with Crippen molar-refractivity contribution in [2.45, 2.75) is 6.92 Å². The van der Waals surface area contributed by atoms with Crippen LogP contribution in [0.2, 0.25) is 0 Å². The van der Waals surface area contributed by atoms with E-state index in [9.17, 15) is 0 Å². The van der Waals surface area contributed by atoms with Gasteiger partial charge in [0.15, 0.2) is 5.82 Å². The van der Waals surface area contributed by atoms with E-state index < -0.39 is 0 Å². The summed E-state index contributed by atoms with van der Waals surface area (Å²) in [5.74, 6) is 2.58. The van der Waals surface area contributed by atoms with E-state index in [1.54, 1.807) is 0 Å². The summed E-state index contributed by atoms with van der Waals surface area (Å²) in [7, 11) is 0. The second-order valence-electron chi connectivity index (χ2n) is 5.66. The van der Waals surface area contributed by atoms with Crippen molar-refractivity contribution in [2.24, 2.45) is 0 Å². The van der Waals surface area contributed by atoms with Crippen molar-refractivity contribution >= 4 is 44.5 Å². The van der Waals surface area contributed by atoms with Crippen LogP contribution in [0.3, 0.4) is 0 Å². The number of aromatic nitrogens is 2. The Morgan fingerprint density at radius 2 is 1.80 bits per heavy atom. The molecule has 0 amide bonds. The lowest BCUT2D eigenvalue weighted by Crippen LogP contribution is -2.07. The Kier molecular flexibility index (Phi) is 3.89. The molecule has 0 spiro atoms. The number of hydrogen-bond acceptors (Lipinski definition) is 5. The highest BCUT2D eigenvalue weighted by atomic mass is 79.9. The molecular formula is C19H15BrN4O. The van der Waals surface area contributed by atoms with Gasteiger partial charge in [-0.25, -0.2) is 4.98 Å². The number of nitrogen functional groups attached to an aromatic ring is 1. The molecule has 2 aromatic heterocycles. The molecule has 25 heavy (non-hydrogen) atoms. The van der Waals surface area contributed by atoms with Crippen molar-refractivity contribution in [1.82, 2.24) is 9.97 Å². The normalized spacial score (nSPS) is 11.0. The zero-order chi connectivity index (χ0) is 17.4. The average molecular weight is 395 g/mol. The molecule has 6 heteroatoms. The molecule has 2 heterocycles. The fourth-order valence-electron chi connectivity index (χ4n) is 2.70. The molecule has 0 saturated heterocycles. The van der Waals surface area contributed by atoms with Gasteiger partial charge in [0, 0.05) is 10.9 Å². The maximum absolute atomic E-state index is 5.90. The molecule has 2 aromatic carbocycles. The Morgan fingerprint density at radius 3 is 2.52 bits per heavy atom. The summed E-state index contributed by atoms with van der Waals surface area (Å²) < 4.78 is 7.56. The van der Waals surface area contributed by atoms with Gasteiger partial charge in [0.25, 0.3) is 0 Å². The fraction of sp³-hybridized carbons (Fsp3) is 0.0526. The summed E-state index contributed by atoms with van der Waals surface area (Å²) in [4.78, 5) is 8.77. The van der Waals surface area contributed by atoms with Crippen LogP contribution in [0.1, 0.15) is 5.76 Å². The summed E-state index contributed by atoms with van der Waals surface area (Å²) in [5, 5.41) is 0.876. The maximum atomic E-state index is 5.90. The minimum Gasteiger partial charge on any atom is -0.461 e. The first-order chi connectivity index (χ1) is 12.1. The van der Waals surface area contributed by atoms with Crippen LogP contribution in [0.15, 0.2) is 65.1 Å². The fourth-order valence-corrected chi connectivity index (χ4v) is 3.21. The van der Waals surface area contributed by atoms with E-state index in [0.717, 1.165) is 33.7 Å². The van der Waals surface area contributed by atoms with E-state index in [1.165, 1.54) is 0 Å². The maximum Gasteiger partial charge on any atom is 0.222 e. The smallest absolute Gasteiger partial charge is 0.222 e. The van der Waals surface area contributed by atoms with Crippen LogP contribution in [0, 0.1) is 6.92 Å². The minimum atomic E-state index is 0.226. The molecule has 0 bridgehead atoms. The molecule has 5 nitrogen and oxygen atoms in total. The molecule has 124 valence electrons. The standard InChI is InChI=1S/C19H15BrN4O/c1-12-7-10-17(25-12)13-8-9-16-15(11-13)18(23-19(21)22-16)24(20)14-5-3-2-4-6-14/h2-11H,1H3,(H2,21,22,23). The van der Waals surface area contributed by atoms with E-state index in [0.29, 0.717) is 5.82 Å². The van der Waals surface area contributed by atoms with E-state index in [1.807, 2.05) is 71.5 Å². The summed E-state index contributed by atoms with van der Waals surface area (Å²) in [6, 6.07) is 19.7. The topological polar surface area (TPSA) is 68.2 Å². The number of nitrogens with two attached hydrogens (primary N) is 1. The van der Waals surface area contributed by atoms with Crippen molar-refractivity contribution < 1.29 is 4.42 Å². The molecule has 0 unspecified atom stereocenters. The second-order valence-corrected chi connectivity index (χ2v) is 6.37. The number of halogens is 1. The van der Waals surface area contributed by atoms with Gasteiger partial charge in [-0.1, -0.05) is 18.2 Å². The Morgan fingerprint density at radius 1 is 1.00 bits per heavy atom. The third kappa shape index (κ3) is 2.96. The number of fused-ring (bicyclic) bond motifs is 1. The van der Waals surface area contributed by atoms with E-state index in [2.05, 4.69) is 26.1 Å². The summed E-state index contributed by atoms with van der Waals surface area (Å²) in [5.41, 5.74) is 8.59. The first kappa shape index (κ1) is 15.7. The zero-order valence-electron chi connectivity index (χ0n) is 13.5. The number of nitrogens with zero attached hydrogens (tertiary/aromatic N) is 3. The Labute approximate surface area is 153 Å². The number of anilines is 3. The van der Waals surface area contributed by atoms with Crippen molar-refractivity contribution in [3.05, 3.63) is 66.4 Å². The highest BCUT2D eigenvalue weighted by molar-refractivity contribution is 9.10. The van der Waals surface area contributed by atoms with Gasteiger partial charge in [-0.05, 0) is 49.4 Å². The van der Waals surface area contributed by atoms with Gasteiger partial charge < -0.3 is 10.2 Å². The first-order valence-electron chi connectivity index (χ1n) is 7.77. The quantitative estimate of drug-likeness (QED) is 0.481. The molecule has 0 atom stereocenters. The van der Waals surface area contributed by atoms with E-state index >= 15 is 0 Å². The highest BCUT2D eigenvalue weighted by Gasteiger charge is 2.15. The Hall–Kier alpha value is -2.86. The summed E-state index contributed by atoms with van der Waals surface area (Å²) >= 11 is 3.60. The average Bonchev–Trinajstić information content (AvgIpc) is 3.07. The van der Waals surface area contributed by atoms with E-state index in [-0.39, 0.29) is 5.95 Å². The van der Waals surface area contributed by atoms with Gasteiger partial charge in [0.05, 0.1) is 27.4 Å². The molecule has 0 fully saturated rings. The van der Waals surface area contributed by atoms with Gasteiger partial charge >= 0.3 is 0 Å². The predicted octanol–water partition coefficient (Wildman–Crippen LogP) is 5.23. The van der Waals surface area contributed by atoms with Crippen molar-refractivity contribution in [2.75, 3.05) is 9.66 Å². The number of rotatable bonds is 3. The highest BCUT2D eigenvalue weighted by Crippen LogP contribution is 2.35. The number of benzene rings is 2. The first-order valence-corrected chi connectivity index (χ1v) is 8.48. The molecule has 2 N–H and O–H groups in total. The van der Waals surface area contributed by atoms with Crippen LogP contribution in [0.25, 0.3) is 22.2 Å². The summed E-state index contributed by atoms with van der Waals surface area (Å²) in [6.45, 7) is 1.93. The van der Waals surface area contributed by atoms with Crippen LogP contribution in [0.5, 0.6) is 0 Å². The lowest BCUT2D eigenvalue weighted by molar-refractivity contribution is 0.548. The monoisotopic (exact) mass is 394 g/mol. The number of furan rings is 1. The third-order valence-corrected chi connectivity index (χ3v) is 4.63. The van der Waals surface area contributed by atoms with Gasteiger partial charge in [-0.3, -0.25) is 3.93 Å². The van der Waals surface area contributed by atoms with Gasteiger partial charge in [0.2, 0.25) is 5.95 Å². The molecule has 0 aliphatic rings. The molecule has 4 aromatic rings.